The maximum atomic E-state index is 11.9. The Balaban J connectivity index is 4.65. The maximum Gasteiger partial charge on any atom is 0.326 e. The lowest BCUT2D eigenvalue weighted by molar-refractivity contribution is -0.139. The second-order valence-electron chi connectivity index (χ2n) is 5.50. The Kier molecular flexibility index (Phi) is 6.11. The first-order valence-electron chi connectivity index (χ1n) is 5.99. The lowest BCUT2D eigenvalue weighted by Crippen LogP contribution is -2.55. The minimum absolute atomic E-state index is 0.169. The number of carboxylic acids is 1. The molecule has 0 aliphatic heterocycles. The monoisotopic (exact) mass is 260 g/mol. The van der Waals surface area contributed by atoms with E-state index in [1.807, 2.05) is 13.8 Å². The number of rotatable bonds is 6. The smallest absolute Gasteiger partial charge is 0.326 e. The lowest BCUT2D eigenvalue weighted by atomic mass is 10.0. The summed E-state index contributed by atoms with van der Waals surface area (Å²) in [6.07, 6.45) is 0.370. The van der Waals surface area contributed by atoms with Crippen LogP contribution in [0.15, 0.2) is 0 Å². The molecule has 0 saturated heterocycles. The minimum Gasteiger partial charge on any atom is -0.480 e. The second kappa shape index (κ2) is 6.58. The average molecular weight is 260 g/mol. The number of aliphatic hydroxyl groups excluding tert-OH is 1. The van der Waals surface area contributed by atoms with Gasteiger partial charge < -0.3 is 20.4 Å². The number of amides is 2. The van der Waals surface area contributed by atoms with Crippen LogP contribution in [0, 0.1) is 5.92 Å². The first-order chi connectivity index (χ1) is 8.11. The van der Waals surface area contributed by atoms with Crippen LogP contribution in [-0.4, -0.2) is 52.3 Å². The summed E-state index contributed by atoms with van der Waals surface area (Å²) < 4.78 is 0. The number of aliphatic carboxylic acids is 1. The summed E-state index contributed by atoms with van der Waals surface area (Å²) in [6.45, 7) is 6.99. The van der Waals surface area contributed by atoms with Gasteiger partial charge in [0.2, 0.25) is 0 Å². The van der Waals surface area contributed by atoms with Gasteiger partial charge in [-0.2, -0.15) is 0 Å². The van der Waals surface area contributed by atoms with Crippen molar-refractivity contribution < 1.29 is 19.8 Å². The first kappa shape index (κ1) is 16.7. The summed E-state index contributed by atoms with van der Waals surface area (Å²) in [6, 6.07) is -1.41. The van der Waals surface area contributed by atoms with Crippen molar-refractivity contribution in [2.75, 3.05) is 13.7 Å². The van der Waals surface area contributed by atoms with Crippen molar-refractivity contribution in [1.82, 2.24) is 10.2 Å². The van der Waals surface area contributed by atoms with E-state index in [1.165, 1.54) is 11.9 Å². The van der Waals surface area contributed by atoms with Gasteiger partial charge >= 0.3 is 12.0 Å². The molecule has 6 heteroatoms. The number of hydrogen-bond acceptors (Lipinski definition) is 3. The summed E-state index contributed by atoms with van der Waals surface area (Å²) in [5, 5.41) is 20.7. The molecule has 0 heterocycles. The molecule has 1 unspecified atom stereocenters. The van der Waals surface area contributed by atoms with E-state index < -0.39 is 23.6 Å². The van der Waals surface area contributed by atoms with Crippen LogP contribution in [0.1, 0.15) is 34.1 Å². The molecule has 0 rings (SSSR count). The molecule has 3 N–H and O–H groups in total. The van der Waals surface area contributed by atoms with Crippen molar-refractivity contribution in [1.29, 1.82) is 0 Å². The van der Waals surface area contributed by atoms with Gasteiger partial charge in [0.05, 0.1) is 12.1 Å². The topological polar surface area (TPSA) is 89.9 Å². The van der Waals surface area contributed by atoms with Gasteiger partial charge in [0.25, 0.3) is 0 Å². The molecule has 0 aliphatic rings. The van der Waals surface area contributed by atoms with Crippen LogP contribution in [0.25, 0.3) is 0 Å². The summed E-state index contributed by atoms with van der Waals surface area (Å²) in [7, 11) is 1.53. The summed E-state index contributed by atoms with van der Waals surface area (Å²) in [5.74, 6) is -0.880. The highest BCUT2D eigenvalue weighted by Crippen LogP contribution is 2.12. The van der Waals surface area contributed by atoms with E-state index in [4.69, 9.17) is 10.2 Å². The molecule has 6 nitrogen and oxygen atoms in total. The van der Waals surface area contributed by atoms with Gasteiger partial charge in [0.1, 0.15) is 6.04 Å². The van der Waals surface area contributed by atoms with Crippen LogP contribution in [0.3, 0.4) is 0 Å². The lowest BCUT2D eigenvalue weighted by Gasteiger charge is -2.34. The Morgan fingerprint density at radius 3 is 2.17 bits per heavy atom. The molecule has 106 valence electrons. The normalized spacial score (nSPS) is 13.3. The third-order valence-corrected chi connectivity index (χ3v) is 2.90. The number of carbonyl (C=O) groups excluding carboxylic acids is 1. The van der Waals surface area contributed by atoms with Crippen molar-refractivity contribution in [2.24, 2.45) is 5.92 Å². The SMILES string of the molecule is CC(C)CC(NC(=O)N(C)C(C)(C)CO)C(=O)O. The molecule has 1 atom stereocenters. The predicted molar refractivity (Wildman–Crippen MR) is 68.3 cm³/mol. The van der Waals surface area contributed by atoms with Crippen LogP contribution in [0.5, 0.6) is 0 Å². The van der Waals surface area contributed by atoms with Crippen molar-refractivity contribution in [3.8, 4) is 0 Å². The van der Waals surface area contributed by atoms with E-state index in [0.717, 1.165) is 0 Å². The molecule has 18 heavy (non-hydrogen) atoms. The number of hydrogen-bond donors (Lipinski definition) is 3. The number of urea groups is 1. The number of carboxylic acid groups (broad SMARTS) is 1. The van der Waals surface area contributed by atoms with E-state index >= 15 is 0 Å². The van der Waals surface area contributed by atoms with Crippen LogP contribution in [0.4, 0.5) is 4.79 Å². The Morgan fingerprint density at radius 1 is 1.33 bits per heavy atom. The first-order valence-corrected chi connectivity index (χ1v) is 5.99. The fourth-order valence-corrected chi connectivity index (χ4v) is 1.32. The largest absolute Gasteiger partial charge is 0.480 e. The fraction of sp³-hybridized carbons (Fsp3) is 0.833. The van der Waals surface area contributed by atoms with Crippen molar-refractivity contribution in [3.05, 3.63) is 0 Å². The Hall–Kier alpha value is -1.30. The molecular formula is C12H24N2O4. The van der Waals surface area contributed by atoms with Crippen LogP contribution < -0.4 is 5.32 Å². The van der Waals surface area contributed by atoms with Gasteiger partial charge in [-0.15, -0.1) is 0 Å². The number of nitrogens with zero attached hydrogens (tertiary/aromatic N) is 1. The van der Waals surface area contributed by atoms with Gasteiger partial charge in [0.15, 0.2) is 0 Å². The summed E-state index contributed by atoms with van der Waals surface area (Å²) in [4.78, 5) is 24.2. The molecule has 0 saturated carbocycles. The van der Waals surface area contributed by atoms with Crippen molar-refractivity contribution in [3.63, 3.8) is 0 Å². The van der Waals surface area contributed by atoms with Gasteiger partial charge in [0, 0.05) is 7.05 Å². The molecule has 2 amide bonds. The standard InChI is InChI=1S/C12H24N2O4/c1-8(2)6-9(10(16)17)13-11(18)14(5)12(3,4)7-15/h8-9,15H,6-7H2,1-5H3,(H,13,18)(H,16,17). The number of carbonyl (C=O) groups is 2. The zero-order chi connectivity index (χ0) is 14.5. The Morgan fingerprint density at radius 2 is 1.83 bits per heavy atom. The summed E-state index contributed by atoms with van der Waals surface area (Å²) >= 11 is 0. The third kappa shape index (κ3) is 4.91. The summed E-state index contributed by atoms with van der Waals surface area (Å²) in [5.41, 5.74) is -0.731. The Labute approximate surface area is 108 Å². The maximum absolute atomic E-state index is 11.9. The molecule has 0 fully saturated rings. The van der Waals surface area contributed by atoms with Gasteiger partial charge in [-0.25, -0.2) is 9.59 Å². The molecule has 0 radical (unpaired) electrons. The molecule has 0 aromatic rings. The molecule has 0 spiro atoms. The number of nitrogens with one attached hydrogen (secondary N) is 1. The number of aliphatic hydroxyl groups is 1. The quantitative estimate of drug-likeness (QED) is 0.662. The van der Waals surface area contributed by atoms with Crippen LogP contribution in [-0.2, 0) is 4.79 Å². The number of likely N-dealkylation sites (N-methyl/N-ethyl adjacent to an activating group) is 1. The molecular weight excluding hydrogens is 236 g/mol. The van der Waals surface area contributed by atoms with Crippen molar-refractivity contribution in [2.45, 2.75) is 45.7 Å². The zero-order valence-electron chi connectivity index (χ0n) is 11.7. The van der Waals surface area contributed by atoms with E-state index in [-0.39, 0.29) is 12.5 Å². The highest BCUT2D eigenvalue weighted by atomic mass is 16.4. The average Bonchev–Trinajstić information content (AvgIpc) is 2.26. The minimum atomic E-state index is -1.05. The van der Waals surface area contributed by atoms with Gasteiger partial charge in [-0.3, -0.25) is 0 Å². The fourth-order valence-electron chi connectivity index (χ4n) is 1.32. The van der Waals surface area contributed by atoms with Crippen LogP contribution in [0.2, 0.25) is 0 Å². The Bertz CT molecular complexity index is 302. The second-order valence-corrected chi connectivity index (χ2v) is 5.50. The predicted octanol–water partition coefficient (Wildman–Crippen LogP) is 0.898. The van der Waals surface area contributed by atoms with E-state index in [1.54, 1.807) is 13.8 Å². The molecule has 0 aliphatic carbocycles. The highest BCUT2D eigenvalue weighted by molar-refractivity contribution is 5.82. The van der Waals surface area contributed by atoms with E-state index in [0.29, 0.717) is 6.42 Å². The van der Waals surface area contributed by atoms with Gasteiger partial charge in [-0.1, -0.05) is 13.8 Å². The van der Waals surface area contributed by atoms with Gasteiger partial charge in [-0.05, 0) is 26.2 Å². The molecule has 0 bridgehead atoms. The third-order valence-electron chi connectivity index (χ3n) is 2.90. The highest BCUT2D eigenvalue weighted by Gasteiger charge is 2.29. The van der Waals surface area contributed by atoms with Crippen LogP contribution >= 0.6 is 0 Å². The molecule has 0 aromatic heterocycles. The van der Waals surface area contributed by atoms with Crippen molar-refractivity contribution >= 4 is 12.0 Å². The molecule has 0 aromatic carbocycles. The zero-order valence-corrected chi connectivity index (χ0v) is 11.7. The van der Waals surface area contributed by atoms with E-state index in [9.17, 15) is 9.59 Å². The van der Waals surface area contributed by atoms with E-state index in [2.05, 4.69) is 5.32 Å².